The highest BCUT2D eigenvalue weighted by molar-refractivity contribution is 7.13. The van der Waals surface area contributed by atoms with Gasteiger partial charge in [-0.1, -0.05) is 12.1 Å². The van der Waals surface area contributed by atoms with Gasteiger partial charge in [-0.2, -0.15) is 0 Å². The molecule has 0 saturated carbocycles. The molecule has 1 aromatic carbocycles. The van der Waals surface area contributed by atoms with Crippen molar-refractivity contribution in [1.82, 2.24) is 14.5 Å². The third-order valence-corrected chi connectivity index (χ3v) is 5.95. The number of aryl methyl sites for hydroxylation is 1. The number of amides is 1. The van der Waals surface area contributed by atoms with E-state index >= 15 is 0 Å². The van der Waals surface area contributed by atoms with Crippen LogP contribution in [0.15, 0.2) is 54.0 Å². The lowest BCUT2D eigenvalue weighted by Gasteiger charge is -2.11. The minimum Gasteiger partial charge on any atom is -0.497 e. The third-order valence-electron chi connectivity index (χ3n) is 5.06. The van der Waals surface area contributed by atoms with E-state index in [1.165, 1.54) is 0 Å². The molecule has 0 aliphatic rings. The second-order valence-corrected chi connectivity index (χ2v) is 7.91. The number of hydrogen-bond donors (Lipinski definition) is 1. The smallest absolute Gasteiger partial charge is 0.250 e. The summed E-state index contributed by atoms with van der Waals surface area (Å²) in [6.07, 6.45) is 1.83. The summed E-state index contributed by atoms with van der Waals surface area (Å²) in [5.41, 5.74) is 11.6. The molecule has 0 radical (unpaired) electrons. The zero-order valence-corrected chi connectivity index (χ0v) is 17.9. The molecule has 0 fully saturated rings. The molecular formula is C23H22N4O2S. The Kier molecular flexibility index (Phi) is 5.37. The number of pyridine rings is 1. The van der Waals surface area contributed by atoms with Gasteiger partial charge in [-0.15, -0.1) is 11.3 Å². The van der Waals surface area contributed by atoms with Crippen molar-refractivity contribution in [2.45, 2.75) is 20.4 Å². The average Bonchev–Trinajstić information content (AvgIpc) is 3.35. The van der Waals surface area contributed by atoms with Gasteiger partial charge in [0.25, 0.3) is 5.91 Å². The number of carbonyl (C=O) groups is 1. The lowest BCUT2D eigenvalue weighted by atomic mass is 10.2. The summed E-state index contributed by atoms with van der Waals surface area (Å²) in [5.74, 6) is 0.359. The fourth-order valence-corrected chi connectivity index (χ4v) is 4.15. The van der Waals surface area contributed by atoms with Crippen molar-refractivity contribution in [3.8, 4) is 27.7 Å². The SMILES string of the molecule is COc1ccc(Cn2c(-c3csc(-c4ccc(C)nc4)n3)cc(C(N)=O)c2C)cc1. The highest BCUT2D eigenvalue weighted by atomic mass is 32.1. The van der Waals surface area contributed by atoms with Gasteiger partial charge in [0, 0.05) is 35.1 Å². The zero-order chi connectivity index (χ0) is 21.3. The molecule has 2 N–H and O–H groups in total. The Morgan fingerprint density at radius 2 is 1.93 bits per heavy atom. The van der Waals surface area contributed by atoms with Crippen LogP contribution in [0, 0.1) is 13.8 Å². The van der Waals surface area contributed by atoms with Gasteiger partial charge < -0.3 is 15.0 Å². The molecular weight excluding hydrogens is 396 g/mol. The second-order valence-electron chi connectivity index (χ2n) is 7.05. The van der Waals surface area contributed by atoms with Crippen molar-refractivity contribution in [2.24, 2.45) is 5.73 Å². The number of ether oxygens (including phenoxy) is 1. The Balaban J connectivity index is 1.74. The van der Waals surface area contributed by atoms with Crippen LogP contribution in [0.1, 0.15) is 27.3 Å². The van der Waals surface area contributed by atoms with Gasteiger partial charge >= 0.3 is 0 Å². The molecule has 4 aromatic rings. The first kappa shape index (κ1) is 19.8. The van der Waals surface area contributed by atoms with Gasteiger partial charge in [0.05, 0.1) is 24.1 Å². The lowest BCUT2D eigenvalue weighted by molar-refractivity contribution is 0.0999. The number of rotatable bonds is 6. The van der Waals surface area contributed by atoms with E-state index in [9.17, 15) is 4.79 Å². The fourth-order valence-electron chi connectivity index (χ4n) is 3.34. The van der Waals surface area contributed by atoms with Crippen LogP contribution in [0.2, 0.25) is 0 Å². The van der Waals surface area contributed by atoms with Crippen molar-refractivity contribution in [1.29, 1.82) is 0 Å². The van der Waals surface area contributed by atoms with Crippen LogP contribution >= 0.6 is 11.3 Å². The Bertz CT molecular complexity index is 1190. The van der Waals surface area contributed by atoms with Crippen molar-refractivity contribution in [2.75, 3.05) is 7.11 Å². The van der Waals surface area contributed by atoms with Crippen molar-refractivity contribution in [3.05, 3.63) is 76.6 Å². The molecule has 3 aromatic heterocycles. The first-order valence-electron chi connectivity index (χ1n) is 9.48. The van der Waals surface area contributed by atoms with E-state index in [2.05, 4.69) is 9.55 Å². The van der Waals surface area contributed by atoms with E-state index in [0.29, 0.717) is 12.1 Å². The molecule has 30 heavy (non-hydrogen) atoms. The predicted octanol–water partition coefficient (Wildman–Crippen LogP) is 4.45. The molecule has 0 aliphatic carbocycles. The van der Waals surface area contributed by atoms with Gasteiger partial charge in [0.1, 0.15) is 10.8 Å². The van der Waals surface area contributed by atoms with Crippen LogP contribution in [-0.4, -0.2) is 27.6 Å². The molecule has 3 heterocycles. The fraction of sp³-hybridized carbons (Fsp3) is 0.174. The van der Waals surface area contributed by atoms with Gasteiger partial charge in [-0.3, -0.25) is 9.78 Å². The topological polar surface area (TPSA) is 83.0 Å². The molecule has 6 nitrogen and oxygen atoms in total. The van der Waals surface area contributed by atoms with Crippen molar-refractivity contribution >= 4 is 17.2 Å². The number of benzene rings is 1. The van der Waals surface area contributed by atoms with Gasteiger partial charge in [0.15, 0.2) is 0 Å². The normalized spacial score (nSPS) is 10.9. The van der Waals surface area contributed by atoms with Crippen molar-refractivity contribution < 1.29 is 9.53 Å². The lowest BCUT2D eigenvalue weighted by Crippen LogP contribution is -2.12. The number of methoxy groups -OCH3 is 1. The third kappa shape index (κ3) is 3.84. The number of nitrogens with two attached hydrogens (primary N) is 1. The molecule has 0 saturated heterocycles. The van der Waals surface area contributed by atoms with Gasteiger partial charge in [-0.05, 0) is 49.7 Å². The number of aromatic nitrogens is 3. The minimum absolute atomic E-state index is 0.444. The number of carbonyl (C=O) groups excluding carboxylic acids is 1. The van der Waals surface area contributed by atoms with E-state index in [1.807, 2.05) is 67.9 Å². The molecule has 0 unspecified atom stereocenters. The Morgan fingerprint density at radius 3 is 2.57 bits per heavy atom. The van der Waals surface area contributed by atoms with Crippen LogP contribution < -0.4 is 10.5 Å². The molecule has 0 aliphatic heterocycles. The monoisotopic (exact) mass is 418 g/mol. The Morgan fingerprint density at radius 1 is 1.17 bits per heavy atom. The number of hydrogen-bond acceptors (Lipinski definition) is 5. The molecule has 152 valence electrons. The molecule has 1 amide bonds. The second kappa shape index (κ2) is 8.12. The maximum atomic E-state index is 12.0. The molecule has 0 spiro atoms. The first-order chi connectivity index (χ1) is 14.5. The summed E-state index contributed by atoms with van der Waals surface area (Å²) in [4.78, 5) is 21.1. The maximum absolute atomic E-state index is 12.0. The summed E-state index contributed by atoms with van der Waals surface area (Å²) in [6.45, 7) is 4.46. The summed E-state index contributed by atoms with van der Waals surface area (Å²) in [6, 6.07) is 13.7. The van der Waals surface area contributed by atoms with E-state index in [0.717, 1.165) is 44.7 Å². The van der Waals surface area contributed by atoms with Crippen LogP contribution in [0.25, 0.3) is 22.0 Å². The highest BCUT2D eigenvalue weighted by Gasteiger charge is 2.19. The average molecular weight is 419 g/mol. The predicted molar refractivity (Wildman–Crippen MR) is 119 cm³/mol. The standard InChI is InChI=1S/C23H22N4O2S/c1-14-4-7-17(11-25-14)23-26-20(13-30-23)21-10-19(22(24)28)15(2)27(21)12-16-5-8-18(29-3)9-6-16/h4-11,13H,12H2,1-3H3,(H2,24,28). The van der Waals surface area contributed by atoms with Crippen LogP contribution in [0.4, 0.5) is 0 Å². The molecule has 4 rings (SSSR count). The quantitative estimate of drug-likeness (QED) is 0.502. The number of nitrogens with zero attached hydrogens (tertiary/aromatic N) is 3. The van der Waals surface area contributed by atoms with E-state index < -0.39 is 5.91 Å². The van der Waals surface area contributed by atoms with Crippen LogP contribution in [0.5, 0.6) is 5.75 Å². The summed E-state index contributed by atoms with van der Waals surface area (Å²) in [7, 11) is 1.64. The van der Waals surface area contributed by atoms with E-state index in [4.69, 9.17) is 15.5 Å². The largest absolute Gasteiger partial charge is 0.497 e. The van der Waals surface area contributed by atoms with Crippen molar-refractivity contribution in [3.63, 3.8) is 0 Å². The molecule has 0 bridgehead atoms. The number of primary amides is 1. The molecule has 7 heteroatoms. The molecule has 0 atom stereocenters. The first-order valence-corrected chi connectivity index (χ1v) is 10.4. The van der Waals surface area contributed by atoms with Crippen LogP contribution in [0.3, 0.4) is 0 Å². The minimum atomic E-state index is -0.444. The summed E-state index contributed by atoms with van der Waals surface area (Å²) in [5, 5.41) is 2.88. The summed E-state index contributed by atoms with van der Waals surface area (Å²) < 4.78 is 7.32. The summed E-state index contributed by atoms with van der Waals surface area (Å²) >= 11 is 1.55. The van der Waals surface area contributed by atoms with E-state index in [1.54, 1.807) is 18.4 Å². The Hall–Kier alpha value is -3.45. The van der Waals surface area contributed by atoms with Gasteiger partial charge in [0.2, 0.25) is 0 Å². The zero-order valence-electron chi connectivity index (χ0n) is 17.0. The number of thiazole rings is 1. The maximum Gasteiger partial charge on any atom is 0.250 e. The van der Waals surface area contributed by atoms with Gasteiger partial charge in [-0.25, -0.2) is 4.98 Å². The van der Waals surface area contributed by atoms with E-state index in [-0.39, 0.29) is 0 Å². The highest BCUT2D eigenvalue weighted by Crippen LogP contribution is 2.32. The Labute approximate surface area is 179 Å². The van der Waals surface area contributed by atoms with Crippen LogP contribution in [-0.2, 0) is 6.54 Å².